The van der Waals surface area contributed by atoms with Gasteiger partial charge in [0.05, 0.1) is 27.9 Å². The first kappa shape index (κ1) is 20.4. The molecule has 0 aliphatic heterocycles. The summed E-state index contributed by atoms with van der Waals surface area (Å²) in [6.07, 6.45) is 1.82. The summed E-state index contributed by atoms with van der Waals surface area (Å²) >= 11 is 0. The van der Waals surface area contributed by atoms with Crippen LogP contribution in [0, 0.1) is 0 Å². The van der Waals surface area contributed by atoms with E-state index in [0.29, 0.717) is 5.82 Å². The van der Waals surface area contributed by atoms with Crippen molar-refractivity contribution in [2.75, 3.05) is 0 Å². The van der Waals surface area contributed by atoms with Gasteiger partial charge in [-0.25, -0.2) is 15.0 Å². The van der Waals surface area contributed by atoms with Crippen molar-refractivity contribution in [3.63, 3.8) is 0 Å². The van der Waals surface area contributed by atoms with Crippen LogP contribution in [0.4, 0.5) is 0 Å². The van der Waals surface area contributed by atoms with Crippen LogP contribution in [0.15, 0.2) is 121 Å². The molecule has 7 aromatic rings. The standard InChI is InChI=1S/C32H20N4/c1-3-8-21(9-4-1)29-26-17-15-25(20-28(26)35-32(36-29)24-10-5-2-6-11-24)27-18-16-23-14-13-22-12-7-19-33-30(22)31(23)34-27/h1-20H. The monoisotopic (exact) mass is 460 g/mol. The Morgan fingerprint density at radius 2 is 1.19 bits per heavy atom. The molecule has 0 unspecified atom stereocenters. The minimum atomic E-state index is 0.709. The molecule has 0 atom stereocenters. The summed E-state index contributed by atoms with van der Waals surface area (Å²) in [7, 11) is 0. The molecule has 4 nitrogen and oxygen atoms in total. The fraction of sp³-hybridized carbons (Fsp3) is 0. The number of pyridine rings is 2. The van der Waals surface area contributed by atoms with E-state index in [1.54, 1.807) is 0 Å². The van der Waals surface area contributed by atoms with Crippen LogP contribution in [0.1, 0.15) is 0 Å². The van der Waals surface area contributed by atoms with E-state index < -0.39 is 0 Å². The molecule has 7 rings (SSSR count). The summed E-state index contributed by atoms with van der Waals surface area (Å²) in [6.45, 7) is 0. The van der Waals surface area contributed by atoms with Crippen molar-refractivity contribution in [3.05, 3.63) is 121 Å². The smallest absolute Gasteiger partial charge is 0.160 e. The Bertz CT molecular complexity index is 1880. The average Bonchev–Trinajstić information content (AvgIpc) is 2.97. The highest BCUT2D eigenvalue weighted by atomic mass is 14.9. The van der Waals surface area contributed by atoms with E-state index in [4.69, 9.17) is 15.0 Å². The van der Waals surface area contributed by atoms with Crippen LogP contribution < -0.4 is 0 Å². The summed E-state index contributed by atoms with van der Waals surface area (Å²) in [4.78, 5) is 19.6. The molecule has 3 aromatic heterocycles. The number of fused-ring (bicyclic) bond motifs is 4. The predicted octanol–water partition coefficient (Wildman–Crippen LogP) is 7.73. The zero-order valence-electron chi connectivity index (χ0n) is 19.3. The van der Waals surface area contributed by atoms with Gasteiger partial charge in [-0.3, -0.25) is 4.98 Å². The number of aromatic nitrogens is 4. The Kier molecular flexibility index (Phi) is 4.74. The number of rotatable bonds is 3. The molecule has 36 heavy (non-hydrogen) atoms. The zero-order chi connectivity index (χ0) is 23.9. The fourth-order valence-corrected chi connectivity index (χ4v) is 4.71. The molecule has 0 aliphatic carbocycles. The topological polar surface area (TPSA) is 51.6 Å². The molecule has 0 saturated carbocycles. The van der Waals surface area contributed by atoms with Gasteiger partial charge >= 0.3 is 0 Å². The molecule has 4 heteroatoms. The molecule has 4 aromatic carbocycles. The second-order valence-electron chi connectivity index (χ2n) is 8.77. The second-order valence-corrected chi connectivity index (χ2v) is 8.77. The largest absolute Gasteiger partial charge is 0.254 e. The van der Waals surface area contributed by atoms with E-state index in [9.17, 15) is 0 Å². The molecule has 168 valence electrons. The van der Waals surface area contributed by atoms with Gasteiger partial charge in [0.25, 0.3) is 0 Å². The Balaban J connectivity index is 1.45. The molecule has 0 N–H and O–H groups in total. The van der Waals surface area contributed by atoms with Crippen molar-refractivity contribution in [1.82, 2.24) is 19.9 Å². The first-order valence-corrected chi connectivity index (χ1v) is 11.9. The quantitative estimate of drug-likeness (QED) is 0.253. The lowest BCUT2D eigenvalue weighted by atomic mass is 10.0. The molecular formula is C32H20N4. The third kappa shape index (κ3) is 3.48. The predicted molar refractivity (Wildman–Crippen MR) is 146 cm³/mol. The normalized spacial score (nSPS) is 11.3. The van der Waals surface area contributed by atoms with Crippen molar-refractivity contribution in [2.45, 2.75) is 0 Å². The SMILES string of the molecule is c1ccc(-c2nc(-c3ccccc3)c3ccc(-c4ccc5ccc6cccnc6c5n4)cc3n2)cc1. The molecule has 0 amide bonds. The van der Waals surface area contributed by atoms with Crippen molar-refractivity contribution < 1.29 is 0 Å². The van der Waals surface area contributed by atoms with Gasteiger partial charge in [0.2, 0.25) is 0 Å². The summed E-state index contributed by atoms with van der Waals surface area (Å²) in [5.74, 6) is 0.709. The highest BCUT2D eigenvalue weighted by Crippen LogP contribution is 2.32. The molecule has 0 bridgehead atoms. The third-order valence-electron chi connectivity index (χ3n) is 6.50. The van der Waals surface area contributed by atoms with E-state index in [-0.39, 0.29) is 0 Å². The number of benzene rings is 4. The lowest BCUT2D eigenvalue weighted by Gasteiger charge is -2.11. The van der Waals surface area contributed by atoms with E-state index >= 15 is 0 Å². The maximum Gasteiger partial charge on any atom is 0.160 e. The van der Waals surface area contributed by atoms with Gasteiger partial charge in [-0.2, -0.15) is 0 Å². The number of nitrogens with zero attached hydrogens (tertiary/aromatic N) is 4. The van der Waals surface area contributed by atoms with Gasteiger partial charge in [0.15, 0.2) is 5.82 Å². The zero-order valence-corrected chi connectivity index (χ0v) is 19.3. The Morgan fingerprint density at radius 1 is 0.472 bits per heavy atom. The molecule has 3 heterocycles. The minimum absolute atomic E-state index is 0.709. The molecule has 0 radical (unpaired) electrons. The van der Waals surface area contributed by atoms with Gasteiger partial charge in [-0.15, -0.1) is 0 Å². The van der Waals surface area contributed by atoms with Crippen LogP contribution in [-0.4, -0.2) is 19.9 Å². The Labute approximate surface area is 208 Å². The van der Waals surface area contributed by atoms with E-state index in [2.05, 4.69) is 65.6 Å². The first-order chi connectivity index (χ1) is 17.8. The summed E-state index contributed by atoms with van der Waals surface area (Å²) in [5, 5.41) is 3.17. The summed E-state index contributed by atoms with van der Waals surface area (Å²) < 4.78 is 0. The highest BCUT2D eigenvalue weighted by molar-refractivity contribution is 6.03. The van der Waals surface area contributed by atoms with Crippen LogP contribution in [0.2, 0.25) is 0 Å². The van der Waals surface area contributed by atoms with Gasteiger partial charge in [-0.1, -0.05) is 91.0 Å². The summed E-state index contributed by atoms with van der Waals surface area (Å²) in [6, 6.07) is 39.1. The highest BCUT2D eigenvalue weighted by Gasteiger charge is 2.13. The van der Waals surface area contributed by atoms with Gasteiger partial charge in [0, 0.05) is 39.0 Å². The maximum absolute atomic E-state index is 5.04. The van der Waals surface area contributed by atoms with E-state index in [1.165, 1.54) is 0 Å². The van der Waals surface area contributed by atoms with Crippen LogP contribution in [0.5, 0.6) is 0 Å². The lowest BCUT2D eigenvalue weighted by Crippen LogP contribution is -1.96. The van der Waals surface area contributed by atoms with E-state index in [0.717, 1.165) is 60.8 Å². The first-order valence-electron chi connectivity index (χ1n) is 11.9. The summed E-state index contributed by atoms with van der Waals surface area (Å²) in [5.41, 5.74) is 7.59. The fourth-order valence-electron chi connectivity index (χ4n) is 4.71. The van der Waals surface area contributed by atoms with Crippen molar-refractivity contribution in [2.24, 2.45) is 0 Å². The van der Waals surface area contributed by atoms with Crippen LogP contribution >= 0.6 is 0 Å². The average molecular weight is 461 g/mol. The second kappa shape index (κ2) is 8.36. The van der Waals surface area contributed by atoms with Crippen LogP contribution in [0.25, 0.3) is 66.6 Å². The lowest BCUT2D eigenvalue weighted by molar-refractivity contribution is 1.23. The number of hydrogen-bond donors (Lipinski definition) is 0. The van der Waals surface area contributed by atoms with Crippen LogP contribution in [0.3, 0.4) is 0 Å². The Morgan fingerprint density at radius 3 is 2.00 bits per heavy atom. The van der Waals surface area contributed by atoms with E-state index in [1.807, 2.05) is 60.8 Å². The third-order valence-corrected chi connectivity index (χ3v) is 6.50. The molecule has 0 spiro atoms. The molecule has 0 saturated heterocycles. The van der Waals surface area contributed by atoms with Crippen molar-refractivity contribution in [3.8, 4) is 33.9 Å². The maximum atomic E-state index is 5.04. The van der Waals surface area contributed by atoms with Gasteiger partial charge < -0.3 is 0 Å². The molecule has 0 fully saturated rings. The molecular weight excluding hydrogens is 440 g/mol. The van der Waals surface area contributed by atoms with Crippen molar-refractivity contribution >= 4 is 32.7 Å². The molecule has 0 aliphatic rings. The van der Waals surface area contributed by atoms with Crippen molar-refractivity contribution in [1.29, 1.82) is 0 Å². The Hall–Kier alpha value is -4.96. The van der Waals surface area contributed by atoms with Gasteiger partial charge in [0.1, 0.15) is 0 Å². The minimum Gasteiger partial charge on any atom is -0.254 e. The van der Waals surface area contributed by atoms with Gasteiger partial charge in [-0.05, 0) is 24.3 Å². The van der Waals surface area contributed by atoms with Crippen LogP contribution in [-0.2, 0) is 0 Å². The number of hydrogen-bond acceptors (Lipinski definition) is 4.